The number of rotatable bonds is 7. The summed E-state index contributed by atoms with van der Waals surface area (Å²) in [5.41, 5.74) is 6.56. The fourth-order valence-corrected chi connectivity index (χ4v) is 8.89. The summed E-state index contributed by atoms with van der Waals surface area (Å²) in [5.74, 6) is 5.02. The highest BCUT2D eigenvalue weighted by atomic mass is 79.9. The number of ether oxygens (including phenoxy) is 2. The third kappa shape index (κ3) is 7.27. The molecule has 0 bridgehead atoms. The number of anilines is 2. The summed E-state index contributed by atoms with van der Waals surface area (Å²) >= 11 is 3.61. The van der Waals surface area contributed by atoms with Gasteiger partial charge in [0, 0.05) is 57.0 Å². The molecule has 2 fully saturated rings. The van der Waals surface area contributed by atoms with E-state index < -0.39 is 29.5 Å². The summed E-state index contributed by atoms with van der Waals surface area (Å²) in [6, 6.07) is 2.52. The number of carbonyl (C=O) groups excluding carboxylic acids is 1. The van der Waals surface area contributed by atoms with Gasteiger partial charge in [-0.2, -0.15) is 37.0 Å². The maximum absolute atomic E-state index is 14.6. The van der Waals surface area contributed by atoms with Crippen LogP contribution in [0.1, 0.15) is 82.8 Å². The lowest BCUT2D eigenvalue weighted by molar-refractivity contribution is -0.140. The summed E-state index contributed by atoms with van der Waals surface area (Å²) in [5, 5.41) is 4.59. The second-order valence-electron chi connectivity index (χ2n) is 14.5. The molecule has 2 saturated heterocycles. The summed E-state index contributed by atoms with van der Waals surface area (Å²) in [6.45, 7) is 4.14. The number of halogens is 6. The molecule has 0 unspecified atom stereocenters. The number of carbonyl (C=O) groups is 1. The Balaban J connectivity index is 1.27. The Morgan fingerprint density at radius 3 is 2.72 bits per heavy atom. The first-order valence-corrected chi connectivity index (χ1v) is 18.5. The van der Waals surface area contributed by atoms with Gasteiger partial charge in [-0.25, -0.2) is 0 Å². The monoisotopic (exact) mass is 818 g/mol. The van der Waals surface area contributed by atoms with E-state index in [1.54, 1.807) is 18.8 Å². The van der Waals surface area contributed by atoms with Crippen molar-refractivity contribution in [3.8, 4) is 17.9 Å². The zero-order valence-electron chi connectivity index (χ0n) is 30.1. The van der Waals surface area contributed by atoms with E-state index in [0.29, 0.717) is 60.6 Å². The van der Waals surface area contributed by atoms with Gasteiger partial charge in [0.25, 0.3) is 12.0 Å². The van der Waals surface area contributed by atoms with Crippen LogP contribution in [-0.2, 0) is 37.0 Å². The highest BCUT2D eigenvalue weighted by molar-refractivity contribution is 9.10. The number of nitrogen functional groups attached to an aromatic ring is 1. The van der Waals surface area contributed by atoms with Crippen LogP contribution < -0.4 is 15.4 Å². The predicted molar refractivity (Wildman–Crippen MR) is 193 cm³/mol. The van der Waals surface area contributed by atoms with Crippen molar-refractivity contribution in [3.63, 3.8) is 0 Å². The number of aryl methyl sites for hydroxylation is 1. The highest BCUT2D eigenvalue weighted by Gasteiger charge is 2.49. The minimum atomic E-state index is -4.74. The fraction of sp³-hybridized carbons (Fsp3) is 0.514. The van der Waals surface area contributed by atoms with Gasteiger partial charge in [-0.15, -0.1) is 5.92 Å². The minimum absolute atomic E-state index is 0.0303. The maximum atomic E-state index is 14.6. The third-order valence-electron chi connectivity index (χ3n) is 10.6. The molecule has 0 radical (unpaired) electrons. The lowest BCUT2D eigenvalue weighted by atomic mass is 9.91. The molecule has 6 heterocycles. The molecule has 1 aromatic carbocycles. The van der Waals surface area contributed by atoms with Crippen molar-refractivity contribution in [2.45, 2.75) is 76.5 Å². The molecule has 11 nitrogen and oxygen atoms in total. The molecule has 0 saturated carbocycles. The van der Waals surface area contributed by atoms with Crippen LogP contribution >= 0.6 is 15.9 Å². The van der Waals surface area contributed by atoms with E-state index in [2.05, 4.69) is 37.8 Å². The second-order valence-corrected chi connectivity index (χ2v) is 15.2. The maximum Gasteiger partial charge on any atom is 0.417 e. The number of nitrogens with two attached hydrogens (primary N) is 1. The molecular formula is C37H40BrF5N8O3. The molecule has 4 aliphatic rings. The Labute approximate surface area is 317 Å². The summed E-state index contributed by atoms with van der Waals surface area (Å²) in [4.78, 5) is 28.3. The lowest BCUT2D eigenvalue weighted by Gasteiger charge is -2.33. The molecule has 7 rings (SSSR count). The molecule has 288 valence electrons. The molecule has 3 atom stereocenters. The van der Waals surface area contributed by atoms with Crippen LogP contribution in [0.25, 0.3) is 0 Å². The number of hydrogen-bond acceptors (Lipinski definition) is 9. The van der Waals surface area contributed by atoms with Crippen molar-refractivity contribution in [1.82, 2.24) is 29.5 Å². The molecule has 1 amide bonds. The summed E-state index contributed by atoms with van der Waals surface area (Å²) in [7, 11) is 3.30. The van der Waals surface area contributed by atoms with Crippen LogP contribution in [-0.4, -0.2) is 81.3 Å². The summed E-state index contributed by atoms with van der Waals surface area (Å²) < 4.78 is 85.3. The first-order valence-electron chi connectivity index (χ1n) is 17.7. The van der Waals surface area contributed by atoms with Gasteiger partial charge in [0.05, 0.1) is 46.2 Å². The van der Waals surface area contributed by atoms with E-state index >= 15 is 0 Å². The Hall–Kier alpha value is -4.27. The van der Waals surface area contributed by atoms with Gasteiger partial charge in [0.15, 0.2) is 5.69 Å². The Morgan fingerprint density at radius 2 is 2.00 bits per heavy atom. The zero-order chi connectivity index (χ0) is 38.5. The Bertz CT molecular complexity index is 2060. The number of hydrogen-bond donors (Lipinski definition) is 1. The molecule has 3 aromatic rings. The average Bonchev–Trinajstić information content (AvgIpc) is 3.68. The molecule has 17 heteroatoms. The topological polar surface area (TPSA) is 115 Å². The van der Waals surface area contributed by atoms with Crippen LogP contribution in [0.2, 0.25) is 0 Å². The van der Waals surface area contributed by atoms with Gasteiger partial charge in [0.2, 0.25) is 0 Å². The summed E-state index contributed by atoms with van der Waals surface area (Å²) in [6.07, 6.45) is -3.74. The van der Waals surface area contributed by atoms with E-state index in [-0.39, 0.29) is 60.0 Å². The van der Waals surface area contributed by atoms with Gasteiger partial charge in [-0.05, 0) is 84.8 Å². The normalized spacial score (nSPS) is 22.4. The van der Waals surface area contributed by atoms with Gasteiger partial charge in [0.1, 0.15) is 12.4 Å². The molecule has 0 aliphatic carbocycles. The van der Waals surface area contributed by atoms with Crippen LogP contribution in [0, 0.1) is 17.8 Å². The van der Waals surface area contributed by atoms with Crippen molar-refractivity contribution in [2.75, 3.05) is 51.0 Å². The van der Waals surface area contributed by atoms with Crippen molar-refractivity contribution in [3.05, 3.63) is 68.1 Å². The van der Waals surface area contributed by atoms with Crippen molar-refractivity contribution in [2.24, 2.45) is 5.92 Å². The van der Waals surface area contributed by atoms with Gasteiger partial charge >= 0.3 is 12.2 Å². The molecule has 2 N–H and O–H groups in total. The quantitative estimate of drug-likeness (QED) is 0.166. The van der Waals surface area contributed by atoms with Gasteiger partial charge in [-0.1, -0.05) is 5.92 Å². The minimum Gasteiger partial charge on any atom is -0.461 e. The molecular weight excluding hydrogens is 779 g/mol. The smallest absolute Gasteiger partial charge is 0.417 e. The number of benzene rings is 1. The average molecular weight is 820 g/mol. The van der Waals surface area contributed by atoms with E-state index in [1.165, 1.54) is 24.0 Å². The Morgan fingerprint density at radius 1 is 1.20 bits per heavy atom. The van der Waals surface area contributed by atoms with Crippen molar-refractivity contribution < 1.29 is 36.2 Å². The zero-order valence-corrected chi connectivity index (χ0v) is 31.7. The molecule has 4 aliphatic heterocycles. The van der Waals surface area contributed by atoms with Gasteiger partial charge in [-0.3, -0.25) is 14.4 Å². The number of amides is 1. The highest BCUT2D eigenvalue weighted by Crippen LogP contribution is 2.45. The van der Waals surface area contributed by atoms with Crippen molar-refractivity contribution in [1.29, 1.82) is 0 Å². The number of nitrogens with zero attached hydrogens (tertiary/aromatic N) is 7. The molecule has 2 aromatic heterocycles. The Kier molecular flexibility index (Phi) is 10.4. The first kappa shape index (κ1) is 38.0. The second kappa shape index (κ2) is 14.8. The van der Waals surface area contributed by atoms with E-state index in [4.69, 9.17) is 25.2 Å². The number of alkyl halides is 3. The largest absolute Gasteiger partial charge is 0.461 e. The number of fused-ring (bicyclic) bond motifs is 3. The van der Waals surface area contributed by atoms with Crippen LogP contribution in [0.5, 0.6) is 6.01 Å². The van der Waals surface area contributed by atoms with Crippen molar-refractivity contribution >= 4 is 33.3 Å². The molecule has 54 heavy (non-hydrogen) atoms. The van der Waals surface area contributed by atoms with Crippen LogP contribution in [0.15, 0.2) is 28.8 Å². The third-order valence-corrected chi connectivity index (χ3v) is 11.5. The lowest BCUT2D eigenvalue weighted by Crippen LogP contribution is -2.43. The van der Waals surface area contributed by atoms with Gasteiger partial charge < -0.3 is 25.0 Å². The fourth-order valence-electron chi connectivity index (χ4n) is 8.32. The van der Waals surface area contributed by atoms with Crippen LogP contribution in [0.3, 0.4) is 0 Å². The van der Waals surface area contributed by atoms with E-state index in [1.807, 2.05) is 4.90 Å². The standard InChI is InChI=1S/C37H40BrF5N8O3/c1-4-7-22-13-23(44)14-24(30(22)37(41,42)43)28-15-26-25(19-53-28)33(49-9-6-11-51-27(18-49)31(38)32(47-51)34(52)48(2)3)46-35(45-26)54-20-36-8-5-10-50(36)17-21(16-36)12-29(39)40/h12-14,21,28H,5-6,8-11,15-20,44H2,1-3H3/t21-,28+,36+/m0/s1. The first-order chi connectivity index (χ1) is 25.7. The predicted octanol–water partition coefficient (Wildman–Crippen LogP) is 6.35. The SMILES string of the molecule is CC#Cc1cc(N)cc([C@H]2Cc3nc(OC[C@]45CCCN4C[C@@H](C=C(F)F)C5)nc(N4CCCn5nc(C(=O)N(C)C)c(Br)c5C4)c3CO2)c1C(F)(F)F. The number of aromatic nitrogens is 4. The van der Waals surface area contributed by atoms with E-state index in [0.717, 1.165) is 31.2 Å². The molecule has 0 spiro atoms. The van der Waals surface area contributed by atoms with Crippen LogP contribution in [0.4, 0.5) is 33.5 Å². The van der Waals surface area contributed by atoms with E-state index in [9.17, 15) is 26.7 Å².